The quantitative estimate of drug-likeness (QED) is 0.0376. The van der Waals surface area contributed by atoms with Gasteiger partial charge in [-0.3, -0.25) is 47.3 Å². The number of benzene rings is 3. The summed E-state index contributed by atoms with van der Waals surface area (Å²) in [5, 5.41) is 11.8. The van der Waals surface area contributed by atoms with Crippen molar-refractivity contribution in [3.63, 3.8) is 0 Å². The standard InChI is InChI=1S/C29H35N7O3S.2C26H29N7O2S.C4H6O3/c1-18-24(34-27(37)39-28(2,3)4)29(17-38-18)9-13-35(14-10-29)26-33-16-22(25-32-12-15-36(25)26)40-21-8-11-31-23-19(21)6-5-7-20(23)30;2*1-16-23(27)26(15-35-16)7-11-32(12-8-26)25-30-14-21(24-29-10-13-33(24)25)36-20-6-9-28-22-18(20)4-3-5-19(22)31-17(2)34;1-3(5)7-4(2)6/h5-8,11-12,15-16,18,24H,9-10,13-14,17,30H2,1-4H3,(H,34,37);2*3-6,9-10,13-14,16,23H,7-8,11-12,15,27H2,1-2H3,(H,31,34);1-2H3/t18-,24+;2*16-,23+;/m000./s1. The highest BCUT2D eigenvalue weighted by Gasteiger charge is 2.52. The van der Waals surface area contributed by atoms with Crippen LogP contribution in [0.2, 0.25) is 0 Å². The third-order valence-electron chi connectivity index (χ3n) is 23.2. The maximum atomic E-state index is 12.6. The SMILES string of the molecule is CC(=O)Nc1cccc2c(Sc3cnc(N4CCC5(CC4)CO[C@@H](C)[C@H]5N)n4ccnc34)ccnc12.CC(=O)Nc1cccc2c(Sc3cnc(N4CCC5(CC4)CO[C@@H](C)[C@H]5N)n4ccnc34)ccnc12.CC(=O)OC(C)=O.C[C@@H]1OCC2(CCN(c3ncc(Sc4ccnc5c(N)cccc45)c4nccn34)CC2)[C@@H]1NC(=O)OC(C)(C)C. The van der Waals surface area contributed by atoms with Gasteiger partial charge in [0.05, 0.1) is 92.5 Å². The van der Waals surface area contributed by atoms with Gasteiger partial charge in [-0.15, -0.1) is 0 Å². The van der Waals surface area contributed by atoms with E-state index in [1.165, 1.54) is 27.7 Å². The van der Waals surface area contributed by atoms with Crippen molar-refractivity contribution in [3.05, 3.63) is 147 Å². The molecule has 9 aromatic heterocycles. The number of fused-ring (bicyclic) bond motifs is 6. The van der Waals surface area contributed by atoms with Crippen LogP contribution in [0.3, 0.4) is 0 Å². The first-order valence-corrected chi connectivity index (χ1v) is 42.3. The van der Waals surface area contributed by atoms with Gasteiger partial charge in [-0.1, -0.05) is 71.7 Å². The normalized spacial score (nSPS) is 20.5. The Bertz CT molecular complexity index is 5550. The predicted octanol–water partition coefficient (Wildman–Crippen LogP) is 12.4. The lowest BCUT2D eigenvalue weighted by atomic mass is 9.73. The lowest BCUT2D eigenvalue weighted by Gasteiger charge is -2.43. The number of amides is 3. The highest BCUT2D eigenvalue weighted by molar-refractivity contribution is 8.00. The number of rotatable bonds is 12. The number of alkyl carbamates (subject to hydrolysis) is 1. The number of esters is 2. The summed E-state index contributed by atoms with van der Waals surface area (Å²) in [6.45, 7) is 24.4. The first-order valence-electron chi connectivity index (χ1n) is 39.9. The van der Waals surface area contributed by atoms with E-state index in [0.717, 1.165) is 188 Å². The molecule has 3 amide bonds. The second-order valence-corrected chi connectivity index (χ2v) is 35.5. The Morgan fingerprint density at radius 3 is 1.16 bits per heavy atom. The molecule has 31 nitrogen and oxygen atoms in total. The van der Waals surface area contributed by atoms with Crippen molar-refractivity contribution < 1.29 is 47.7 Å². The highest BCUT2D eigenvalue weighted by atomic mass is 32.2. The number of anilines is 6. The highest BCUT2D eigenvalue weighted by Crippen LogP contribution is 2.48. The number of hydrogen-bond acceptors (Lipinski definition) is 28. The molecular formula is C85H99N21O10S3. The van der Waals surface area contributed by atoms with Crippen molar-refractivity contribution in [2.45, 2.75) is 179 Å². The number of carbonyl (C=O) groups is 5. The van der Waals surface area contributed by atoms with Crippen molar-refractivity contribution in [2.24, 2.45) is 27.7 Å². The molecule has 18 rings (SSSR count). The van der Waals surface area contributed by atoms with Gasteiger partial charge in [-0.25, -0.2) is 34.7 Å². The van der Waals surface area contributed by atoms with Crippen LogP contribution >= 0.6 is 35.3 Å². The molecular weight excluding hydrogens is 1570 g/mol. The molecule has 119 heavy (non-hydrogen) atoms. The van der Waals surface area contributed by atoms with E-state index in [-0.39, 0.29) is 64.5 Å². The zero-order valence-electron chi connectivity index (χ0n) is 68.2. The fourth-order valence-corrected chi connectivity index (χ4v) is 20.0. The monoisotopic (exact) mass is 1670 g/mol. The maximum Gasteiger partial charge on any atom is 0.407 e. The van der Waals surface area contributed by atoms with E-state index in [4.69, 9.17) is 51.1 Å². The third-order valence-corrected chi connectivity index (χ3v) is 26.4. The summed E-state index contributed by atoms with van der Waals surface area (Å²) in [5.74, 6) is 1.28. The Kier molecular flexibility index (Phi) is 24.4. The number of aromatic nitrogens is 12. The second-order valence-electron chi connectivity index (χ2n) is 32.2. The number of para-hydroxylation sites is 3. The van der Waals surface area contributed by atoms with Crippen LogP contribution in [0.5, 0.6) is 0 Å². The molecule has 6 aliphatic heterocycles. The lowest BCUT2D eigenvalue weighted by Crippen LogP contribution is -2.55. The zero-order chi connectivity index (χ0) is 83.7. The first-order chi connectivity index (χ1) is 57.2. The minimum atomic E-state index is -0.562. The number of nitrogens with two attached hydrogens (primary N) is 3. The van der Waals surface area contributed by atoms with Gasteiger partial charge < -0.3 is 71.5 Å². The molecule has 0 unspecified atom stereocenters. The van der Waals surface area contributed by atoms with Crippen LogP contribution in [0, 0.1) is 16.2 Å². The summed E-state index contributed by atoms with van der Waals surface area (Å²) < 4.78 is 33.5. The summed E-state index contributed by atoms with van der Waals surface area (Å²) in [6, 6.07) is 23.5. The van der Waals surface area contributed by atoms with Gasteiger partial charge >= 0.3 is 18.0 Å². The number of nitrogen functional groups attached to an aromatic ring is 1. The number of nitrogens with zero attached hydrogens (tertiary/aromatic N) is 15. The van der Waals surface area contributed by atoms with Crippen LogP contribution in [0.4, 0.5) is 39.7 Å². The summed E-state index contributed by atoms with van der Waals surface area (Å²) in [6.07, 6.45) is 27.9. The second kappa shape index (κ2) is 34.8. The number of hydrogen-bond donors (Lipinski definition) is 6. The van der Waals surface area contributed by atoms with E-state index in [1.807, 2.05) is 156 Å². The number of imidazole rings is 3. The maximum absolute atomic E-state index is 12.6. The Hall–Kier alpha value is -10.9. The van der Waals surface area contributed by atoms with Crippen molar-refractivity contribution in [3.8, 4) is 0 Å². The molecule has 9 N–H and O–H groups in total. The molecule has 0 saturated carbocycles. The van der Waals surface area contributed by atoms with E-state index in [2.05, 4.69) is 92.3 Å². The number of ether oxygens (including phenoxy) is 5. The van der Waals surface area contributed by atoms with Crippen LogP contribution in [0.1, 0.15) is 108 Å². The van der Waals surface area contributed by atoms with Crippen LogP contribution in [0.25, 0.3) is 49.7 Å². The molecule has 0 radical (unpaired) electrons. The number of piperidine rings is 3. The van der Waals surface area contributed by atoms with E-state index < -0.39 is 23.6 Å². The minimum absolute atomic E-state index is 0.0677. The molecule has 0 aliphatic carbocycles. The third kappa shape index (κ3) is 17.6. The van der Waals surface area contributed by atoms with Crippen LogP contribution in [-0.4, -0.2) is 189 Å². The average molecular weight is 1670 g/mol. The van der Waals surface area contributed by atoms with Crippen LogP contribution < -0.4 is 47.9 Å². The van der Waals surface area contributed by atoms with Gasteiger partial charge in [0, 0.05) is 200 Å². The van der Waals surface area contributed by atoms with Crippen LogP contribution in [-0.2, 0) is 42.9 Å². The van der Waals surface area contributed by atoms with Gasteiger partial charge in [-0.05, 0) is 116 Å². The van der Waals surface area contributed by atoms with Gasteiger partial charge in [0.2, 0.25) is 29.7 Å². The summed E-state index contributed by atoms with van der Waals surface area (Å²) in [7, 11) is 0. The average Bonchev–Trinajstić information content (AvgIpc) is 1.69. The summed E-state index contributed by atoms with van der Waals surface area (Å²) in [5.41, 5.74) is 25.6. The molecule has 3 spiro atoms. The molecule has 15 heterocycles. The van der Waals surface area contributed by atoms with Crippen molar-refractivity contribution in [2.75, 3.05) is 90.2 Å². The Labute approximate surface area is 700 Å². The zero-order valence-corrected chi connectivity index (χ0v) is 70.6. The molecule has 12 aromatic rings. The van der Waals surface area contributed by atoms with Gasteiger partial charge in [0.25, 0.3) is 0 Å². The van der Waals surface area contributed by atoms with Crippen LogP contribution in [0.15, 0.2) is 177 Å². The molecule has 34 heteroatoms. The van der Waals surface area contributed by atoms with E-state index in [9.17, 15) is 24.0 Å². The molecule has 0 bridgehead atoms. The molecule has 6 aliphatic rings. The number of carbonyl (C=O) groups excluding carboxylic acids is 5. The van der Waals surface area contributed by atoms with Crippen molar-refractivity contribution in [1.29, 1.82) is 0 Å². The Morgan fingerprint density at radius 2 is 0.807 bits per heavy atom. The fourth-order valence-electron chi connectivity index (χ4n) is 17.0. The topological polar surface area (TPSA) is 385 Å². The molecule has 3 aromatic carbocycles. The van der Waals surface area contributed by atoms with Gasteiger partial charge in [0.1, 0.15) is 5.60 Å². The molecule has 6 saturated heterocycles. The molecule has 622 valence electrons. The summed E-state index contributed by atoms with van der Waals surface area (Å²) in [4.78, 5) is 111. The van der Waals surface area contributed by atoms with E-state index in [1.54, 1.807) is 53.9 Å². The van der Waals surface area contributed by atoms with Crippen molar-refractivity contribution in [1.82, 2.24) is 63.4 Å². The van der Waals surface area contributed by atoms with Gasteiger partial charge in [0.15, 0.2) is 16.9 Å². The molecule has 6 atom stereocenters. The Morgan fingerprint density at radius 1 is 0.454 bits per heavy atom. The smallest absolute Gasteiger partial charge is 0.407 e. The molecule has 6 fully saturated rings. The first kappa shape index (κ1) is 83.2. The fraction of sp³-hybridized carbons (Fsp3) is 0.412. The van der Waals surface area contributed by atoms with E-state index >= 15 is 0 Å². The van der Waals surface area contributed by atoms with E-state index in [0.29, 0.717) is 23.7 Å². The number of pyridine rings is 3. The largest absolute Gasteiger partial charge is 0.444 e. The minimum Gasteiger partial charge on any atom is -0.444 e. The van der Waals surface area contributed by atoms with Gasteiger partial charge in [-0.2, -0.15) is 0 Å². The number of nitrogens with one attached hydrogen (secondary N) is 3. The lowest BCUT2D eigenvalue weighted by molar-refractivity contribution is -0.156. The summed E-state index contributed by atoms with van der Waals surface area (Å²) >= 11 is 4.81. The Balaban J connectivity index is 0.000000134. The predicted molar refractivity (Wildman–Crippen MR) is 459 cm³/mol. The van der Waals surface area contributed by atoms with Crippen molar-refractivity contribution >= 4 is 150 Å².